The smallest absolute Gasteiger partial charge is 0.264 e. The molecule has 0 heterocycles. The minimum atomic E-state index is -3.70. The molecule has 2 aromatic carbocycles. The quantitative estimate of drug-likeness (QED) is 0.880. The number of nitrogens with two attached hydrogens (primary N) is 1. The minimum absolute atomic E-state index is 0.0821. The van der Waals surface area contributed by atoms with E-state index in [9.17, 15) is 8.42 Å². The van der Waals surface area contributed by atoms with Crippen molar-refractivity contribution in [2.24, 2.45) is 0 Å². The predicted molar refractivity (Wildman–Crippen MR) is 87.4 cm³/mol. The van der Waals surface area contributed by atoms with E-state index in [2.05, 4.69) is 0 Å². The molecule has 2 aromatic rings. The van der Waals surface area contributed by atoms with Gasteiger partial charge in [0.15, 0.2) is 0 Å². The van der Waals surface area contributed by atoms with Crippen LogP contribution in [0.25, 0.3) is 0 Å². The van der Waals surface area contributed by atoms with Crippen LogP contribution < -0.4 is 10.0 Å². The van der Waals surface area contributed by atoms with Gasteiger partial charge in [0, 0.05) is 17.8 Å². The van der Waals surface area contributed by atoms with Crippen molar-refractivity contribution >= 4 is 33.0 Å². The van der Waals surface area contributed by atoms with E-state index in [0.717, 1.165) is 5.56 Å². The highest BCUT2D eigenvalue weighted by Crippen LogP contribution is 2.29. The molecule has 2 N–H and O–H groups in total. The molecule has 21 heavy (non-hydrogen) atoms. The number of anilines is 2. The van der Waals surface area contributed by atoms with Crippen LogP contribution in [-0.2, 0) is 10.0 Å². The molecule has 0 fully saturated rings. The fourth-order valence-corrected chi connectivity index (χ4v) is 3.42. The van der Waals surface area contributed by atoms with E-state index in [0.29, 0.717) is 22.0 Å². The summed E-state index contributed by atoms with van der Waals surface area (Å²) in [4.78, 5) is 0.0821. The Balaban J connectivity index is 2.49. The number of rotatable bonds is 3. The van der Waals surface area contributed by atoms with E-state index in [1.165, 1.54) is 23.5 Å². The molecule has 0 aliphatic carbocycles. The molecule has 0 spiro atoms. The fraction of sp³-hybridized carbons (Fsp3) is 0.200. The van der Waals surface area contributed by atoms with Crippen LogP contribution >= 0.6 is 11.6 Å². The monoisotopic (exact) mass is 324 g/mol. The summed E-state index contributed by atoms with van der Waals surface area (Å²) in [6, 6.07) is 10.1. The number of nitrogen functional groups attached to an aromatic ring is 1. The highest BCUT2D eigenvalue weighted by molar-refractivity contribution is 7.92. The molecule has 0 aromatic heterocycles. The molecule has 6 heteroatoms. The second-order valence-corrected chi connectivity index (χ2v) is 7.30. The average molecular weight is 325 g/mol. The molecule has 0 radical (unpaired) electrons. The minimum Gasteiger partial charge on any atom is -0.398 e. The highest BCUT2D eigenvalue weighted by atomic mass is 35.5. The Labute approximate surface area is 130 Å². The Morgan fingerprint density at radius 1 is 1.10 bits per heavy atom. The molecule has 0 saturated heterocycles. The lowest BCUT2D eigenvalue weighted by molar-refractivity contribution is 0.594. The van der Waals surface area contributed by atoms with E-state index in [1.54, 1.807) is 19.1 Å². The Kier molecular flexibility index (Phi) is 4.16. The third-order valence-corrected chi connectivity index (χ3v) is 5.57. The van der Waals surface area contributed by atoms with Gasteiger partial charge in [0.25, 0.3) is 10.0 Å². The number of nitrogens with zero attached hydrogens (tertiary/aromatic N) is 1. The number of hydrogen-bond donors (Lipinski definition) is 1. The molecule has 0 aliphatic heterocycles. The maximum atomic E-state index is 12.6. The molecule has 0 unspecified atom stereocenters. The van der Waals surface area contributed by atoms with Crippen molar-refractivity contribution in [3.63, 3.8) is 0 Å². The topological polar surface area (TPSA) is 63.4 Å². The number of benzene rings is 2. The Hall–Kier alpha value is -1.72. The lowest BCUT2D eigenvalue weighted by Gasteiger charge is -2.20. The van der Waals surface area contributed by atoms with Crippen molar-refractivity contribution in [2.75, 3.05) is 17.1 Å². The van der Waals surface area contributed by atoms with Gasteiger partial charge in [-0.2, -0.15) is 0 Å². The molecule has 0 saturated carbocycles. The van der Waals surface area contributed by atoms with Crippen LogP contribution in [0.5, 0.6) is 0 Å². The van der Waals surface area contributed by atoms with Gasteiger partial charge in [0.2, 0.25) is 0 Å². The van der Waals surface area contributed by atoms with Gasteiger partial charge in [0.05, 0.1) is 10.6 Å². The third kappa shape index (κ3) is 2.99. The summed E-state index contributed by atoms with van der Waals surface area (Å²) >= 11 is 6.03. The Morgan fingerprint density at radius 2 is 1.67 bits per heavy atom. The fourth-order valence-electron chi connectivity index (χ4n) is 1.87. The van der Waals surface area contributed by atoms with Gasteiger partial charge in [-0.1, -0.05) is 29.3 Å². The zero-order valence-electron chi connectivity index (χ0n) is 12.1. The lowest BCUT2D eigenvalue weighted by atomic mass is 10.2. The van der Waals surface area contributed by atoms with Crippen molar-refractivity contribution in [1.29, 1.82) is 0 Å². The normalized spacial score (nSPS) is 11.4. The number of aryl methyl sites for hydroxylation is 1. The summed E-state index contributed by atoms with van der Waals surface area (Å²) in [7, 11) is -2.19. The zero-order chi connectivity index (χ0) is 15.8. The maximum absolute atomic E-state index is 12.6. The summed E-state index contributed by atoms with van der Waals surface area (Å²) < 4.78 is 26.5. The first kappa shape index (κ1) is 15.7. The van der Waals surface area contributed by atoms with Crippen LogP contribution in [0.4, 0.5) is 11.4 Å². The molecular formula is C15H17ClN2O2S. The van der Waals surface area contributed by atoms with Crippen LogP contribution in [-0.4, -0.2) is 15.5 Å². The molecule has 0 aliphatic rings. The standard InChI is InChI=1S/C15H17ClN2O2S/c1-10-4-6-12(7-5-10)18(3)21(19,20)13-8-14(16)11(2)15(17)9-13/h4-9H,17H2,1-3H3. The third-order valence-electron chi connectivity index (χ3n) is 3.41. The van der Waals surface area contributed by atoms with Crippen molar-refractivity contribution in [1.82, 2.24) is 0 Å². The summed E-state index contributed by atoms with van der Waals surface area (Å²) in [5.74, 6) is 0. The second-order valence-electron chi connectivity index (χ2n) is 4.93. The largest absolute Gasteiger partial charge is 0.398 e. The van der Waals surface area contributed by atoms with Gasteiger partial charge in [-0.25, -0.2) is 8.42 Å². The van der Waals surface area contributed by atoms with Crippen LogP contribution in [0.2, 0.25) is 5.02 Å². The molecular weight excluding hydrogens is 308 g/mol. The molecule has 2 rings (SSSR count). The van der Waals surface area contributed by atoms with E-state index < -0.39 is 10.0 Å². The van der Waals surface area contributed by atoms with Gasteiger partial charge in [-0.05, 0) is 43.7 Å². The summed E-state index contributed by atoms with van der Waals surface area (Å²) in [6.07, 6.45) is 0. The summed E-state index contributed by atoms with van der Waals surface area (Å²) in [5, 5.41) is 0.339. The van der Waals surface area contributed by atoms with Crippen LogP contribution in [0.15, 0.2) is 41.3 Å². The van der Waals surface area contributed by atoms with E-state index in [4.69, 9.17) is 17.3 Å². The maximum Gasteiger partial charge on any atom is 0.264 e. The van der Waals surface area contributed by atoms with Crippen LogP contribution in [0.1, 0.15) is 11.1 Å². The van der Waals surface area contributed by atoms with E-state index >= 15 is 0 Å². The average Bonchev–Trinajstić information content (AvgIpc) is 2.44. The summed E-state index contributed by atoms with van der Waals surface area (Å²) in [6.45, 7) is 3.69. The number of sulfonamides is 1. The van der Waals surface area contributed by atoms with Gasteiger partial charge in [0.1, 0.15) is 0 Å². The Bertz CT molecular complexity index is 748. The predicted octanol–water partition coefficient (Wildman–Crippen LogP) is 3.36. The van der Waals surface area contributed by atoms with Gasteiger partial charge < -0.3 is 5.73 Å². The first-order valence-electron chi connectivity index (χ1n) is 6.34. The number of hydrogen-bond acceptors (Lipinski definition) is 3. The molecule has 112 valence electrons. The molecule has 0 amide bonds. The molecule has 4 nitrogen and oxygen atoms in total. The highest BCUT2D eigenvalue weighted by Gasteiger charge is 2.22. The first-order chi connectivity index (χ1) is 9.73. The van der Waals surface area contributed by atoms with Gasteiger partial charge in [-0.15, -0.1) is 0 Å². The summed E-state index contributed by atoms with van der Waals surface area (Å²) in [5.41, 5.74) is 8.49. The van der Waals surface area contributed by atoms with Crippen molar-refractivity contribution in [3.05, 3.63) is 52.5 Å². The van der Waals surface area contributed by atoms with Crippen molar-refractivity contribution in [2.45, 2.75) is 18.7 Å². The van der Waals surface area contributed by atoms with Crippen molar-refractivity contribution < 1.29 is 8.42 Å². The van der Waals surface area contributed by atoms with Gasteiger partial charge in [-0.3, -0.25) is 4.31 Å². The molecule has 0 bridgehead atoms. The van der Waals surface area contributed by atoms with Crippen molar-refractivity contribution in [3.8, 4) is 0 Å². The number of halogens is 1. The molecule has 0 atom stereocenters. The van der Waals surface area contributed by atoms with Crippen LogP contribution in [0.3, 0.4) is 0 Å². The van der Waals surface area contributed by atoms with Gasteiger partial charge >= 0.3 is 0 Å². The second kappa shape index (κ2) is 5.58. The van der Waals surface area contributed by atoms with Crippen LogP contribution in [0, 0.1) is 13.8 Å². The Morgan fingerprint density at radius 3 is 2.19 bits per heavy atom. The van der Waals surface area contributed by atoms with E-state index in [-0.39, 0.29) is 4.90 Å². The first-order valence-corrected chi connectivity index (χ1v) is 8.16. The zero-order valence-corrected chi connectivity index (χ0v) is 13.7. The van der Waals surface area contributed by atoms with E-state index in [1.807, 2.05) is 19.1 Å². The SMILES string of the molecule is Cc1ccc(N(C)S(=O)(=O)c2cc(N)c(C)c(Cl)c2)cc1. The lowest BCUT2D eigenvalue weighted by Crippen LogP contribution is -2.26.